The van der Waals surface area contributed by atoms with Gasteiger partial charge in [-0.15, -0.1) is 5.10 Å². The van der Waals surface area contributed by atoms with E-state index in [-0.39, 0.29) is 5.91 Å². The number of carbonyl (C=O) groups is 1. The van der Waals surface area contributed by atoms with Crippen LogP contribution in [0.4, 0.5) is 5.69 Å². The Morgan fingerprint density at radius 2 is 2.12 bits per heavy atom. The molecule has 1 atom stereocenters. The number of benzene rings is 1. The van der Waals surface area contributed by atoms with Gasteiger partial charge < -0.3 is 5.32 Å². The zero-order valence-electron chi connectivity index (χ0n) is 13.3. The van der Waals surface area contributed by atoms with Gasteiger partial charge in [0.05, 0.1) is 16.9 Å². The molecular formula is C17H14N6OS. The summed E-state index contributed by atoms with van der Waals surface area (Å²) in [6.45, 7) is 1.77. The van der Waals surface area contributed by atoms with Crippen LogP contribution in [0.15, 0.2) is 53.9 Å². The molecule has 0 aliphatic rings. The van der Waals surface area contributed by atoms with Crippen LogP contribution in [0.1, 0.15) is 12.5 Å². The second-order valence-corrected chi connectivity index (χ2v) is 6.45. The molecule has 0 saturated heterocycles. The maximum Gasteiger partial charge on any atom is 0.237 e. The summed E-state index contributed by atoms with van der Waals surface area (Å²) in [7, 11) is 0. The van der Waals surface area contributed by atoms with Crippen LogP contribution >= 0.6 is 11.8 Å². The molecule has 0 aliphatic heterocycles. The summed E-state index contributed by atoms with van der Waals surface area (Å²) >= 11 is 1.25. The van der Waals surface area contributed by atoms with Crippen molar-refractivity contribution in [1.29, 1.82) is 5.26 Å². The monoisotopic (exact) mass is 350 g/mol. The van der Waals surface area contributed by atoms with E-state index in [9.17, 15) is 4.79 Å². The molecule has 0 unspecified atom stereocenters. The maximum absolute atomic E-state index is 12.3. The molecular weight excluding hydrogens is 336 g/mol. The van der Waals surface area contributed by atoms with Crippen molar-refractivity contribution in [2.45, 2.75) is 17.3 Å². The number of rotatable bonds is 5. The third-order valence-electron chi connectivity index (χ3n) is 3.33. The van der Waals surface area contributed by atoms with E-state index < -0.39 is 5.25 Å². The number of nitrogens with zero attached hydrogens (tertiary/aromatic N) is 4. The van der Waals surface area contributed by atoms with E-state index in [2.05, 4.69) is 25.5 Å². The van der Waals surface area contributed by atoms with Crippen LogP contribution in [-0.2, 0) is 4.79 Å². The first-order valence-electron chi connectivity index (χ1n) is 7.46. The number of nitriles is 1. The van der Waals surface area contributed by atoms with Crippen molar-refractivity contribution in [3.63, 3.8) is 0 Å². The fraction of sp³-hybridized carbons (Fsp3) is 0.118. The highest BCUT2D eigenvalue weighted by atomic mass is 32.2. The number of carbonyl (C=O) groups excluding carboxylic acids is 1. The van der Waals surface area contributed by atoms with Gasteiger partial charge in [0.25, 0.3) is 0 Å². The Balaban J connectivity index is 1.64. The number of hydrogen-bond acceptors (Lipinski definition) is 6. The van der Waals surface area contributed by atoms with Crippen molar-refractivity contribution in [3.05, 3.63) is 54.4 Å². The van der Waals surface area contributed by atoms with Gasteiger partial charge >= 0.3 is 0 Å². The molecule has 1 amide bonds. The minimum atomic E-state index is -0.396. The molecule has 3 rings (SSSR count). The molecule has 0 fully saturated rings. The molecule has 2 N–H and O–H groups in total. The Hall–Kier alpha value is -3.18. The number of nitrogens with one attached hydrogen (secondary N) is 2. The zero-order valence-corrected chi connectivity index (χ0v) is 14.1. The lowest BCUT2D eigenvalue weighted by Gasteiger charge is -2.10. The third-order valence-corrected chi connectivity index (χ3v) is 4.29. The Kier molecular flexibility index (Phi) is 5.06. The summed E-state index contributed by atoms with van der Waals surface area (Å²) in [5.41, 5.74) is 1.96. The summed E-state index contributed by atoms with van der Waals surface area (Å²) < 4.78 is 0. The topological polar surface area (TPSA) is 107 Å². The highest BCUT2D eigenvalue weighted by molar-refractivity contribution is 8.00. The quantitative estimate of drug-likeness (QED) is 0.685. The largest absolute Gasteiger partial charge is 0.325 e. The highest BCUT2D eigenvalue weighted by Gasteiger charge is 2.17. The molecule has 2 aromatic heterocycles. The minimum absolute atomic E-state index is 0.185. The van der Waals surface area contributed by atoms with Crippen LogP contribution in [0.2, 0.25) is 0 Å². The molecule has 2 heterocycles. The van der Waals surface area contributed by atoms with Crippen LogP contribution in [0, 0.1) is 11.3 Å². The Labute approximate surface area is 148 Å². The number of pyridine rings is 1. The van der Waals surface area contributed by atoms with E-state index in [1.165, 1.54) is 11.8 Å². The Morgan fingerprint density at radius 1 is 1.32 bits per heavy atom. The number of H-pyrrole nitrogens is 1. The maximum atomic E-state index is 12.3. The highest BCUT2D eigenvalue weighted by Crippen LogP contribution is 2.23. The summed E-state index contributed by atoms with van der Waals surface area (Å²) in [6.07, 6.45) is 3.35. The van der Waals surface area contributed by atoms with Gasteiger partial charge in [0.2, 0.25) is 11.1 Å². The summed E-state index contributed by atoms with van der Waals surface area (Å²) in [5.74, 6) is 0.439. The molecule has 3 aromatic rings. The molecule has 8 heteroatoms. The van der Waals surface area contributed by atoms with Crippen molar-refractivity contribution in [1.82, 2.24) is 20.2 Å². The predicted molar refractivity (Wildman–Crippen MR) is 94.7 cm³/mol. The van der Waals surface area contributed by atoms with E-state index in [4.69, 9.17) is 5.26 Å². The lowest BCUT2D eigenvalue weighted by molar-refractivity contribution is -0.115. The number of amides is 1. The van der Waals surface area contributed by atoms with E-state index in [1.807, 2.05) is 18.2 Å². The van der Waals surface area contributed by atoms with Crippen LogP contribution in [0.5, 0.6) is 0 Å². The summed E-state index contributed by atoms with van der Waals surface area (Å²) in [5, 5.41) is 18.8. The number of anilines is 1. The van der Waals surface area contributed by atoms with Crippen LogP contribution in [0.3, 0.4) is 0 Å². The van der Waals surface area contributed by atoms with Crippen molar-refractivity contribution in [3.8, 4) is 17.5 Å². The van der Waals surface area contributed by atoms with E-state index in [0.29, 0.717) is 22.2 Å². The number of thioether (sulfide) groups is 1. The van der Waals surface area contributed by atoms with E-state index >= 15 is 0 Å². The van der Waals surface area contributed by atoms with Crippen LogP contribution in [0.25, 0.3) is 11.4 Å². The average molecular weight is 350 g/mol. The molecule has 0 spiro atoms. The minimum Gasteiger partial charge on any atom is -0.325 e. The SMILES string of the molecule is C[C@@H](Sc1n[nH]c(-c2ccncc2)n1)C(=O)Nc1cccc(C#N)c1. The first kappa shape index (κ1) is 16.7. The summed E-state index contributed by atoms with van der Waals surface area (Å²) in [4.78, 5) is 20.6. The Morgan fingerprint density at radius 3 is 2.88 bits per heavy atom. The number of hydrogen-bond donors (Lipinski definition) is 2. The second-order valence-electron chi connectivity index (χ2n) is 5.14. The summed E-state index contributed by atoms with van der Waals surface area (Å²) in [6, 6.07) is 12.5. The van der Waals surface area contributed by atoms with Crippen molar-refractivity contribution < 1.29 is 4.79 Å². The average Bonchev–Trinajstić information content (AvgIpc) is 3.11. The molecule has 7 nitrogen and oxygen atoms in total. The zero-order chi connectivity index (χ0) is 17.6. The predicted octanol–water partition coefficient (Wildman–Crippen LogP) is 2.86. The van der Waals surface area contributed by atoms with Gasteiger partial charge in [-0.3, -0.25) is 14.9 Å². The number of aromatic nitrogens is 4. The normalized spacial score (nSPS) is 11.5. The van der Waals surface area contributed by atoms with Gasteiger partial charge in [0.1, 0.15) is 0 Å². The lowest BCUT2D eigenvalue weighted by Crippen LogP contribution is -2.22. The Bertz CT molecular complexity index is 918. The van der Waals surface area contributed by atoms with Gasteiger partial charge in [0.15, 0.2) is 5.82 Å². The second kappa shape index (κ2) is 7.59. The van der Waals surface area contributed by atoms with Gasteiger partial charge in [-0.1, -0.05) is 17.8 Å². The van der Waals surface area contributed by atoms with Crippen molar-refractivity contribution in [2.75, 3.05) is 5.32 Å². The molecule has 1 aromatic carbocycles. The van der Waals surface area contributed by atoms with Crippen molar-refractivity contribution >= 4 is 23.4 Å². The fourth-order valence-corrected chi connectivity index (χ4v) is 2.78. The fourth-order valence-electron chi connectivity index (χ4n) is 2.06. The van der Waals surface area contributed by atoms with Crippen LogP contribution < -0.4 is 5.32 Å². The third kappa shape index (κ3) is 4.22. The molecule has 0 saturated carbocycles. The van der Waals surface area contributed by atoms with Crippen molar-refractivity contribution in [2.24, 2.45) is 0 Å². The van der Waals surface area contributed by atoms with Crippen LogP contribution in [-0.4, -0.2) is 31.3 Å². The molecule has 25 heavy (non-hydrogen) atoms. The smallest absolute Gasteiger partial charge is 0.237 e. The van der Waals surface area contributed by atoms with Gasteiger partial charge in [-0.2, -0.15) is 5.26 Å². The van der Waals surface area contributed by atoms with E-state index in [1.54, 1.807) is 43.6 Å². The van der Waals surface area contributed by atoms with E-state index in [0.717, 1.165) is 5.56 Å². The standard InChI is InChI=1S/C17H14N6OS/c1-11(16(24)20-14-4-2-3-12(9-14)10-18)25-17-21-15(22-23-17)13-5-7-19-8-6-13/h2-9,11H,1H3,(H,20,24)(H,21,22,23)/t11-/m1/s1. The number of aromatic amines is 1. The molecule has 0 bridgehead atoms. The first-order valence-corrected chi connectivity index (χ1v) is 8.34. The molecule has 0 radical (unpaired) electrons. The molecule has 124 valence electrons. The van der Waals surface area contributed by atoms with Gasteiger partial charge in [-0.05, 0) is 37.3 Å². The van der Waals surface area contributed by atoms with Gasteiger partial charge in [0, 0.05) is 23.6 Å². The first-order chi connectivity index (χ1) is 12.2. The van der Waals surface area contributed by atoms with Gasteiger partial charge in [-0.25, -0.2) is 4.98 Å². The lowest BCUT2D eigenvalue weighted by atomic mass is 10.2. The molecule has 0 aliphatic carbocycles.